The number of rotatable bonds is 5. The zero-order chi connectivity index (χ0) is 23.2. The minimum Gasteiger partial charge on any atom is -0.479 e. The second kappa shape index (κ2) is 8.10. The van der Waals surface area contributed by atoms with Crippen LogP contribution in [0.4, 0.5) is 4.39 Å². The van der Waals surface area contributed by atoms with Crippen LogP contribution in [0, 0.1) is 6.92 Å². The smallest absolute Gasteiger partial charge is 0.238 e. The van der Waals surface area contributed by atoms with E-state index in [1.165, 1.54) is 0 Å². The molecule has 0 fully saturated rings. The largest absolute Gasteiger partial charge is 0.479 e. The Hall–Kier alpha value is -3.55. The molecule has 1 aliphatic rings. The topological polar surface area (TPSA) is 70.7 Å². The number of fused-ring (bicyclic) bond motifs is 1. The summed E-state index contributed by atoms with van der Waals surface area (Å²) in [6, 6.07) is 11.6. The fourth-order valence-electron chi connectivity index (χ4n) is 4.36. The highest BCUT2D eigenvalue weighted by molar-refractivity contribution is 5.55. The average Bonchev–Trinajstić information content (AvgIpc) is 3.44. The summed E-state index contributed by atoms with van der Waals surface area (Å²) in [6.07, 6.45) is 5.59. The summed E-state index contributed by atoms with van der Waals surface area (Å²) < 4.78 is 23.9. The molecule has 8 heteroatoms. The number of alkyl halides is 1. The van der Waals surface area contributed by atoms with Crippen molar-refractivity contribution in [3.05, 3.63) is 71.6 Å². The molecule has 33 heavy (non-hydrogen) atoms. The molecule has 7 nitrogen and oxygen atoms in total. The van der Waals surface area contributed by atoms with E-state index in [9.17, 15) is 4.39 Å². The van der Waals surface area contributed by atoms with Gasteiger partial charge in [-0.25, -0.2) is 24.0 Å². The highest BCUT2D eigenvalue weighted by atomic mass is 19.1. The molecule has 0 bridgehead atoms. The Labute approximate surface area is 192 Å². The molecule has 0 aliphatic carbocycles. The summed E-state index contributed by atoms with van der Waals surface area (Å²) in [5.74, 6) is 2.00. The molecule has 0 N–H and O–H groups in total. The van der Waals surface area contributed by atoms with Crippen LogP contribution < -0.4 is 4.74 Å². The second-order valence-corrected chi connectivity index (χ2v) is 8.96. The number of halogens is 1. The molecular weight excluding hydrogens is 419 g/mol. The maximum absolute atomic E-state index is 14.6. The standard InChI is InChI=1S/C25H27FN6O/c1-16-14-31(15-27-16)21-11-10-20(28-24(21)33-4)22-29-23-19(9-6-12-32(23)30-22)17-7-5-8-18(13-17)25(2,3)26/h5,7-8,10-11,13-15,19H,6,9,12H2,1-4H3/t19-/m1/s1. The first-order chi connectivity index (χ1) is 15.8. The van der Waals surface area contributed by atoms with E-state index in [0.717, 1.165) is 42.2 Å². The zero-order valence-electron chi connectivity index (χ0n) is 19.3. The van der Waals surface area contributed by atoms with Gasteiger partial charge in [-0.1, -0.05) is 24.3 Å². The predicted molar refractivity (Wildman–Crippen MR) is 123 cm³/mol. The third kappa shape index (κ3) is 4.01. The second-order valence-electron chi connectivity index (χ2n) is 8.96. The molecule has 1 aliphatic heterocycles. The van der Waals surface area contributed by atoms with Crippen molar-refractivity contribution in [3.8, 4) is 23.1 Å². The van der Waals surface area contributed by atoms with E-state index in [0.29, 0.717) is 23.0 Å². The van der Waals surface area contributed by atoms with Gasteiger partial charge in [0.2, 0.25) is 5.88 Å². The molecule has 0 unspecified atom stereocenters. The van der Waals surface area contributed by atoms with Crippen molar-refractivity contribution < 1.29 is 9.13 Å². The average molecular weight is 447 g/mol. The van der Waals surface area contributed by atoms with Crippen molar-refractivity contribution in [2.24, 2.45) is 0 Å². The highest BCUT2D eigenvalue weighted by Crippen LogP contribution is 2.36. The Balaban J connectivity index is 1.51. The number of imidazole rings is 1. The Kier molecular flexibility index (Phi) is 5.23. The molecule has 1 atom stereocenters. The third-order valence-corrected chi connectivity index (χ3v) is 6.10. The highest BCUT2D eigenvalue weighted by Gasteiger charge is 2.28. The van der Waals surface area contributed by atoms with Crippen LogP contribution in [0.1, 0.15) is 55.3 Å². The van der Waals surface area contributed by atoms with Gasteiger partial charge in [0, 0.05) is 18.7 Å². The van der Waals surface area contributed by atoms with E-state index >= 15 is 0 Å². The van der Waals surface area contributed by atoms with Crippen LogP contribution in [-0.4, -0.2) is 36.4 Å². The minimum absolute atomic E-state index is 0.0670. The summed E-state index contributed by atoms with van der Waals surface area (Å²) >= 11 is 0. The van der Waals surface area contributed by atoms with Gasteiger partial charge in [0.05, 0.1) is 19.1 Å². The SMILES string of the molecule is COc1nc(-c2nc3n(n2)CCC[C@@H]3c2cccc(C(C)(C)F)c2)ccc1-n1cnc(C)c1. The first-order valence-electron chi connectivity index (χ1n) is 11.1. The van der Waals surface area contributed by atoms with E-state index in [-0.39, 0.29) is 5.92 Å². The van der Waals surface area contributed by atoms with Crippen LogP contribution in [-0.2, 0) is 12.2 Å². The van der Waals surface area contributed by atoms with Gasteiger partial charge >= 0.3 is 0 Å². The fourth-order valence-corrected chi connectivity index (χ4v) is 4.36. The first kappa shape index (κ1) is 21.3. The van der Waals surface area contributed by atoms with Crippen LogP contribution in [0.15, 0.2) is 48.9 Å². The molecule has 4 heterocycles. The number of benzene rings is 1. The third-order valence-electron chi connectivity index (χ3n) is 6.10. The Morgan fingerprint density at radius 1 is 1.15 bits per heavy atom. The van der Waals surface area contributed by atoms with Crippen LogP contribution >= 0.6 is 0 Å². The van der Waals surface area contributed by atoms with Gasteiger partial charge in [0.25, 0.3) is 0 Å². The summed E-state index contributed by atoms with van der Waals surface area (Å²) in [7, 11) is 1.60. The van der Waals surface area contributed by atoms with Gasteiger partial charge in [-0.2, -0.15) is 0 Å². The maximum Gasteiger partial charge on any atom is 0.238 e. The molecule has 3 aromatic heterocycles. The Morgan fingerprint density at radius 3 is 2.73 bits per heavy atom. The van der Waals surface area contributed by atoms with Crippen molar-refractivity contribution in [1.82, 2.24) is 29.3 Å². The van der Waals surface area contributed by atoms with Crippen LogP contribution in [0.5, 0.6) is 5.88 Å². The predicted octanol–water partition coefficient (Wildman–Crippen LogP) is 4.97. The molecular formula is C25H27FN6O. The van der Waals surface area contributed by atoms with Crippen LogP contribution in [0.25, 0.3) is 17.2 Å². The molecule has 4 aromatic rings. The number of aromatic nitrogens is 6. The van der Waals surface area contributed by atoms with Crippen molar-refractivity contribution in [2.75, 3.05) is 7.11 Å². The normalized spacial score (nSPS) is 16.0. The van der Waals surface area contributed by atoms with Gasteiger partial charge in [0.1, 0.15) is 22.9 Å². The number of ether oxygens (including phenoxy) is 1. The quantitative estimate of drug-likeness (QED) is 0.433. The first-order valence-corrected chi connectivity index (χ1v) is 11.1. The summed E-state index contributed by atoms with van der Waals surface area (Å²) in [5.41, 5.74) is 2.71. The van der Waals surface area contributed by atoms with Gasteiger partial charge in [-0.3, -0.25) is 0 Å². The van der Waals surface area contributed by atoms with Gasteiger partial charge in [-0.15, -0.1) is 5.10 Å². The zero-order valence-corrected chi connectivity index (χ0v) is 19.3. The van der Waals surface area contributed by atoms with E-state index in [1.807, 2.05) is 58.8 Å². The maximum atomic E-state index is 14.6. The molecule has 0 spiro atoms. The van der Waals surface area contributed by atoms with E-state index < -0.39 is 5.67 Å². The summed E-state index contributed by atoms with van der Waals surface area (Å²) in [6.45, 7) is 5.91. The summed E-state index contributed by atoms with van der Waals surface area (Å²) in [5, 5.41) is 4.74. The van der Waals surface area contributed by atoms with E-state index in [2.05, 4.69) is 9.97 Å². The summed E-state index contributed by atoms with van der Waals surface area (Å²) in [4.78, 5) is 13.8. The molecule has 0 amide bonds. The van der Waals surface area contributed by atoms with Gasteiger partial charge in [0.15, 0.2) is 5.82 Å². The molecule has 0 saturated heterocycles. The lowest BCUT2D eigenvalue weighted by molar-refractivity contribution is 0.221. The Bertz CT molecular complexity index is 1300. The fraction of sp³-hybridized carbons (Fsp3) is 0.360. The van der Waals surface area contributed by atoms with E-state index in [4.69, 9.17) is 14.8 Å². The van der Waals surface area contributed by atoms with Crippen molar-refractivity contribution in [3.63, 3.8) is 0 Å². The number of aryl methyl sites for hydroxylation is 2. The van der Waals surface area contributed by atoms with Crippen LogP contribution in [0.3, 0.4) is 0 Å². The number of nitrogens with zero attached hydrogens (tertiary/aromatic N) is 6. The Morgan fingerprint density at radius 2 is 2.00 bits per heavy atom. The minimum atomic E-state index is -1.39. The van der Waals surface area contributed by atoms with Crippen molar-refractivity contribution in [2.45, 2.75) is 51.7 Å². The number of hydrogen-bond donors (Lipinski definition) is 0. The lowest BCUT2D eigenvalue weighted by Crippen LogP contribution is -2.18. The lowest BCUT2D eigenvalue weighted by Gasteiger charge is -2.24. The van der Waals surface area contributed by atoms with Crippen LogP contribution in [0.2, 0.25) is 0 Å². The van der Waals surface area contributed by atoms with Crippen molar-refractivity contribution >= 4 is 0 Å². The molecule has 1 aromatic carbocycles. The molecule has 170 valence electrons. The van der Waals surface area contributed by atoms with E-state index in [1.54, 1.807) is 27.3 Å². The lowest BCUT2D eigenvalue weighted by atomic mass is 9.88. The molecule has 5 rings (SSSR count). The van der Waals surface area contributed by atoms with Crippen molar-refractivity contribution in [1.29, 1.82) is 0 Å². The molecule has 0 radical (unpaired) electrons. The molecule has 0 saturated carbocycles. The number of pyridine rings is 1. The monoisotopic (exact) mass is 446 g/mol. The number of hydrogen-bond acceptors (Lipinski definition) is 5. The number of methoxy groups -OCH3 is 1. The van der Waals surface area contributed by atoms with Gasteiger partial charge < -0.3 is 9.30 Å². The van der Waals surface area contributed by atoms with Gasteiger partial charge in [-0.05, 0) is 56.9 Å².